The van der Waals surface area contributed by atoms with Crippen LogP contribution in [-0.4, -0.2) is 48.4 Å². The van der Waals surface area contributed by atoms with Crippen LogP contribution < -0.4 is 9.64 Å². The molecule has 1 saturated heterocycles. The fourth-order valence-corrected chi connectivity index (χ4v) is 4.90. The van der Waals surface area contributed by atoms with Crippen molar-refractivity contribution in [3.63, 3.8) is 0 Å². The zero-order chi connectivity index (χ0) is 23.5. The predicted octanol–water partition coefficient (Wildman–Crippen LogP) is 4.91. The molecule has 33 heavy (non-hydrogen) atoms. The smallest absolute Gasteiger partial charge is 0.295 e. The minimum Gasteiger partial charge on any atom is -0.507 e. The van der Waals surface area contributed by atoms with E-state index in [0.717, 1.165) is 43.4 Å². The molecular weight excluding hydrogens is 416 g/mol. The molecule has 1 aliphatic carbocycles. The molecule has 1 heterocycles. The number of likely N-dealkylation sites (tertiary alicyclic amines) is 1. The number of nitrogens with zero attached hydrogens (tertiary/aromatic N) is 2. The van der Waals surface area contributed by atoms with Crippen molar-refractivity contribution < 1.29 is 19.4 Å². The maximum absolute atomic E-state index is 13.3. The molecule has 1 N–H and O–H groups in total. The summed E-state index contributed by atoms with van der Waals surface area (Å²) < 4.78 is 5.49. The highest BCUT2D eigenvalue weighted by Gasteiger charge is 2.48. The Morgan fingerprint density at radius 1 is 1.00 bits per heavy atom. The average Bonchev–Trinajstić information content (AvgIpc) is 3.10. The summed E-state index contributed by atoms with van der Waals surface area (Å²) in [5.74, 6) is -0.589. The Kier molecular flexibility index (Phi) is 6.72. The van der Waals surface area contributed by atoms with E-state index in [9.17, 15) is 14.7 Å². The summed E-state index contributed by atoms with van der Waals surface area (Å²) in [6, 6.07) is 14.2. The maximum Gasteiger partial charge on any atom is 0.295 e. The maximum atomic E-state index is 13.3. The van der Waals surface area contributed by atoms with Gasteiger partial charge in [-0.25, -0.2) is 0 Å². The third-order valence-corrected chi connectivity index (χ3v) is 6.61. The van der Waals surface area contributed by atoms with Crippen molar-refractivity contribution >= 4 is 23.1 Å². The molecule has 1 saturated carbocycles. The van der Waals surface area contributed by atoms with E-state index in [4.69, 9.17) is 4.74 Å². The van der Waals surface area contributed by atoms with Crippen LogP contribution in [-0.2, 0) is 9.59 Å². The molecule has 0 aromatic heterocycles. The second kappa shape index (κ2) is 9.69. The first-order valence-electron chi connectivity index (χ1n) is 11.7. The molecule has 0 bridgehead atoms. The van der Waals surface area contributed by atoms with Gasteiger partial charge in [0.2, 0.25) is 0 Å². The number of Topliss-reactive ketones (excluding diaryl/α,β-unsaturated/α-hetero) is 1. The van der Waals surface area contributed by atoms with Crippen molar-refractivity contribution in [3.05, 3.63) is 65.2 Å². The van der Waals surface area contributed by atoms with Crippen LogP contribution in [0.1, 0.15) is 56.2 Å². The van der Waals surface area contributed by atoms with Gasteiger partial charge in [0.15, 0.2) is 0 Å². The fourth-order valence-electron chi connectivity index (χ4n) is 4.90. The first-order chi connectivity index (χ1) is 15.9. The Bertz CT molecular complexity index is 1030. The van der Waals surface area contributed by atoms with Gasteiger partial charge in [-0.2, -0.15) is 0 Å². The molecule has 1 aliphatic heterocycles. The predicted molar refractivity (Wildman–Crippen MR) is 129 cm³/mol. The highest BCUT2D eigenvalue weighted by molar-refractivity contribution is 6.46. The van der Waals surface area contributed by atoms with Crippen LogP contribution in [0, 0.1) is 0 Å². The minimum absolute atomic E-state index is 0.000597. The number of aliphatic hydroxyl groups is 1. The molecule has 2 aliphatic rings. The summed E-state index contributed by atoms with van der Waals surface area (Å²) in [6.45, 7) is 2.45. The molecule has 2 aromatic carbocycles. The zero-order valence-corrected chi connectivity index (χ0v) is 19.6. The van der Waals surface area contributed by atoms with Crippen molar-refractivity contribution in [3.8, 4) is 5.75 Å². The number of ether oxygens (including phenoxy) is 1. The number of amides is 1. The first-order valence-corrected chi connectivity index (χ1v) is 11.7. The first kappa shape index (κ1) is 22.9. The minimum atomic E-state index is -0.617. The number of hydrogen-bond donors (Lipinski definition) is 1. The number of ketones is 1. The highest BCUT2D eigenvalue weighted by Crippen LogP contribution is 2.43. The van der Waals surface area contributed by atoms with Gasteiger partial charge in [0.05, 0.1) is 18.2 Å². The fraction of sp³-hybridized carbons (Fsp3) is 0.407. The summed E-state index contributed by atoms with van der Waals surface area (Å²) in [5, 5.41) is 11.3. The molecule has 0 radical (unpaired) electrons. The third-order valence-electron chi connectivity index (χ3n) is 6.61. The second-order valence-corrected chi connectivity index (χ2v) is 8.94. The van der Waals surface area contributed by atoms with Gasteiger partial charge < -0.3 is 19.6 Å². The van der Waals surface area contributed by atoms with E-state index in [1.807, 2.05) is 50.2 Å². The quantitative estimate of drug-likeness (QED) is 0.386. The average molecular weight is 449 g/mol. The van der Waals surface area contributed by atoms with E-state index in [-0.39, 0.29) is 17.4 Å². The number of anilines is 1. The number of aliphatic hydroxyl groups excluding tert-OH is 1. The van der Waals surface area contributed by atoms with Crippen LogP contribution in [0.15, 0.2) is 54.1 Å². The van der Waals surface area contributed by atoms with Gasteiger partial charge in [-0.05, 0) is 61.7 Å². The lowest BCUT2D eigenvalue weighted by Gasteiger charge is -2.35. The number of hydrogen-bond acceptors (Lipinski definition) is 5. The van der Waals surface area contributed by atoms with E-state index in [1.54, 1.807) is 29.2 Å². The molecule has 1 unspecified atom stereocenters. The van der Waals surface area contributed by atoms with Gasteiger partial charge in [0.1, 0.15) is 11.5 Å². The van der Waals surface area contributed by atoms with E-state index in [2.05, 4.69) is 0 Å². The largest absolute Gasteiger partial charge is 0.507 e. The molecule has 1 atom stereocenters. The molecule has 174 valence electrons. The lowest BCUT2D eigenvalue weighted by molar-refractivity contribution is -0.141. The van der Waals surface area contributed by atoms with Crippen LogP contribution in [0.4, 0.5) is 5.69 Å². The Hall–Kier alpha value is -3.28. The molecule has 6 nitrogen and oxygen atoms in total. The van der Waals surface area contributed by atoms with Crippen molar-refractivity contribution in [1.29, 1.82) is 0 Å². The number of carbonyl (C=O) groups excluding carboxylic acids is 2. The van der Waals surface area contributed by atoms with E-state index < -0.39 is 17.7 Å². The van der Waals surface area contributed by atoms with Crippen molar-refractivity contribution in [2.45, 2.75) is 51.1 Å². The molecule has 2 aromatic rings. The van der Waals surface area contributed by atoms with Gasteiger partial charge in [-0.15, -0.1) is 0 Å². The van der Waals surface area contributed by atoms with Crippen molar-refractivity contribution in [1.82, 2.24) is 4.90 Å². The van der Waals surface area contributed by atoms with Gasteiger partial charge in [-0.1, -0.05) is 31.4 Å². The molecule has 0 spiro atoms. The lowest BCUT2D eigenvalue weighted by Crippen LogP contribution is -2.40. The molecular formula is C27H32N2O4. The monoisotopic (exact) mass is 448 g/mol. The van der Waals surface area contributed by atoms with Crippen LogP contribution in [0.5, 0.6) is 5.75 Å². The van der Waals surface area contributed by atoms with Crippen LogP contribution in [0.3, 0.4) is 0 Å². The summed E-state index contributed by atoms with van der Waals surface area (Å²) in [7, 11) is 3.93. The number of carbonyl (C=O) groups is 2. The van der Waals surface area contributed by atoms with E-state index >= 15 is 0 Å². The van der Waals surface area contributed by atoms with E-state index in [0.29, 0.717) is 17.9 Å². The van der Waals surface area contributed by atoms with Crippen LogP contribution >= 0.6 is 0 Å². The van der Waals surface area contributed by atoms with Crippen LogP contribution in [0.2, 0.25) is 0 Å². The zero-order valence-electron chi connectivity index (χ0n) is 19.6. The summed E-state index contributed by atoms with van der Waals surface area (Å²) >= 11 is 0. The Morgan fingerprint density at radius 3 is 2.21 bits per heavy atom. The van der Waals surface area contributed by atoms with Gasteiger partial charge in [0.25, 0.3) is 11.7 Å². The van der Waals surface area contributed by atoms with Gasteiger partial charge >= 0.3 is 0 Å². The standard InChI is InChI=1S/C27H32N2O4/c1-4-33-22-16-12-19(13-17-22)25(30)23-24(18-10-14-20(15-11-18)28(2)3)29(27(32)26(23)31)21-8-6-5-7-9-21/h10-17,21,24,30H,4-9H2,1-3H3/b25-23-. The van der Waals surface area contributed by atoms with Gasteiger partial charge in [-0.3, -0.25) is 9.59 Å². The molecule has 1 amide bonds. The summed E-state index contributed by atoms with van der Waals surface area (Å²) in [6.07, 6.45) is 4.98. The molecule has 2 fully saturated rings. The number of benzene rings is 2. The van der Waals surface area contributed by atoms with Gasteiger partial charge in [0, 0.05) is 31.4 Å². The SMILES string of the molecule is CCOc1ccc(/C(O)=C2/C(=O)C(=O)N(C3CCCCC3)C2c2ccc(N(C)C)cc2)cc1. The topological polar surface area (TPSA) is 70.1 Å². The number of rotatable bonds is 6. The Morgan fingerprint density at radius 2 is 1.64 bits per heavy atom. The third kappa shape index (κ3) is 4.47. The Labute approximate surface area is 195 Å². The van der Waals surface area contributed by atoms with Crippen molar-refractivity contribution in [2.75, 3.05) is 25.6 Å². The second-order valence-electron chi connectivity index (χ2n) is 8.94. The summed E-state index contributed by atoms with van der Waals surface area (Å²) in [4.78, 5) is 30.2. The van der Waals surface area contributed by atoms with Crippen LogP contribution in [0.25, 0.3) is 5.76 Å². The highest BCUT2D eigenvalue weighted by atomic mass is 16.5. The Balaban J connectivity index is 1.81. The molecule has 4 rings (SSSR count). The van der Waals surface area contributed by atoms with Crippen molar-refractivity contribution in [2.24, 2.45) is 0 Å². The lowest BCUT2D eigenvalue weighted by atomic mass is 9.91. The normalized spacial score (nSPS) is 20.8. The summed E-state index contributed by atoms with van der Waals surface area (Å²) in [5.41, 5.74) is 2.51. The molecule has 6 heteroatoms. The van der Waals surface area contributed by atoms with E-state index in [1.165, 1.54) is 0 Å².